The van der Waals surface area contributed by atoms with Crippen molar-refractivity contribution in [3.63, 3.8) is 0 Å². The fourth-order valence-electron chi connectivity index (χ4n) is 3.48. The number of carbonyl (C=O) groups excluding carboxylic acids is 1. The summed E-state index contributed by atoms with van der Waals surface area (Å²) in [5.41, 5.74) is 6.55. The first-order valence-electron chi connectivity index (χ1n) is 7.16. The van der Waals surface area contributed by atoms with Gasteiger partial charge in [0.1, 0.15) is 10.7 Å². The largest absolute Gasteiger partial charge is 0.337 e. The van der Waals surface area contributed by atoms with Crippen LogP contribution < -0.4 is 5.73 Å². The van der Waals surface area contributed by atoms with Gasteiger partial charge in [-0.15, -0.1) is 23.7 Å². The lowest BCUT2D eigenvalue weighted by Gasteiger charge is -2.33. The van der Waals surface area contributed by atoms with E-state index < -0.39 is 0 Å². The van der Waals surface area contributed by atoms with Gasteiger partial charge < -0.3 is 10.6 Å². The van der Waals surface area contributed by atoms with Gasteiger partial charge in [0.05, 0.1) is 0 Å². The zero-order valence-corrected chi connectivity index (χ0v) is 13.3. The number of hydrogen-bond acceptors (Lipinski definition) is 4. The smallest absolute Gasteiger partial charge is 0.273 e. The van der Waals surface area contributed by atoms with E-state index in [9.17, 15) is 4.79 Å². The monoisotopic (exact) mass is 315 g/mol. The Hall–Kier alpha value is -0.650. The third kappa shape index (κ3) is 3.00. The molecule has 2 fully saturated rings. The SMILES string of the molecule is Cl.NCc1nc(C(=O)N2CCC3(CCCCC3)C2)cs1. The molecule has 1 aromatic heterocycles. The number of rotatable bonds is 2. The maximum absolute atomic E-state index is 12.4. The van der Waals surface area contributed by atoms with E-state index in [0.717, 1.165) is 18.1 Å². The molecule has 0 radical (unpaired) electrons. The van der Waals surface area contributed by atoms with E-state index in [1.165, 1.54) is 49.9 Å². The van der Waals surface area contributed by atoms with Crippen molar-refractivity contribution in [2.75, 3.05) is 13.1 Å². The highest BCUT2D eigenvalue weighted by atomic mass is 35.5. The van der Waals surface area contributed by atoms with Crippen molar-refractivity contribution in [2.45, 2.75) is 45.1 Å². The molecule has 1 amide bonds. The van der Waals surface area contributed by atoms with E-state index in [-0.39, 0.29) is 18.3 Å². The molecule has 112 valence electrons. The molecule has 0 atom stereocenters. The third-order valence-electron chi connectivity index (χ3n) is 4.59. The Balaban J connectivity index is 0.00000147. The predicted molar refractivity (Wildman–Crippen MR) is 83.3 cm³/mol. The van der Waals surface area contributed by atoms with Crippen LogP contribution in [0.25, 0.3) is 0 Å². The molecule has 2 heterocycles. The number of hydrogen-bond donors (Lipinski definition) is 1. The zero-order valence-electron chi connectivity index (χ0n) is 11.6. The Kier molecular flexibility index (Phi) is 5.04. The molecule has 3 rings (SSSR count). The van der Waals surface area contributed by atoms with Crippen LogP contribution in [0, 0.1) is 5.41 Å². The Morgan fingerprint density at radius 2 is 2.10 bits per heavy atom. The summed E-state index contributed by atoms with van der Waals surface area (Å²) in [4.78, 5) is 18.7. The minimum atomic E-state index is 0. The lowest BCUT2D eigenvalue weighted by atomic mass is 9.73. The first-order valence-corrected chi connectivity index (χ1v) is 8.04. The molecule has 2 N–H and O–H groups in total. The highest BCUT2D eigenvalue weighted by molar-refractivity contribution is 7.09. The molecule has 1 saturated carbocycles. The second-order valence-corrected chi connectivity index (χ2v) is 6.81. The summed E-state index contributed by atoms with van der Waals surface area (Å²) in [6, 6.07) is 0. The molecule has 20 heavy (non-hydrogen) atoms. The molecule has 4 nitrogen and oxygen atoms in total. The maximum Gasteiger partial charge on any atom is 0.273 e. The average Bonchev–Trinajstić information content (AvgIpc) is 3.06. The number of nitrogens with zero attached hydrogens (tertiary/aromatic N) is 2. The first kappa shape index (κ1) is 15.7. The van der Waals surface area contributed by atoms with E-state index in [4.69, 9.17) is 5.73 Å². The summed E-state index contributed by atoms with van der Waals surface area (Å²) >= 11 is 1.48. The highest BCUT2D eigenvalue weighted by Gasteiger charge is 2.40. The lowest BCUT2D eigenvalue weighted by molar-refractivity contribution is 0.0754. The second-order valence-electron chi connectivity index (χ2n) is 5.87. The van der Waals surface area contributed by atoms with Gasteiger partial charge in [-0.05, 0) is 24.7 Å². The van der Waals surface area contributed by atoms with Gasteiger partial charge in [-0.3, -0.25) is 4.79 Å². The van der Waals surface area contributed by atoms with Crippen molar-refractivity contribution in [2.24, 2.45) is 11.1 Å². The van der Waals surface area contributed by atoms with Gasteiger partial charge in [0.15, 0.2) is 0 Å². The van der Waals surface area contributed by atoms with Gasteiger partial charge in [0, 0.05) is 25.0 Å². The number of halogens is 1. The number of thiazole rings is 1. The molecule has 1 aliphatic heterocycles. The molecule has 1 aliphatic carbocycles. The molecule has 0 unspecified atom stereocenters. The summed E-state index contributed by atoms with van der Waals surface area (Å²) in [7, 11) is 0. The van der Waals surface area contributed by atoms with Crippen LogP contribution >= 0.6 is 23.7 Å². The fraction of sp³-hybridized carbons (Fsp3) is 0.714. The fourth-order valence-corrected chi connectivity index (χ4v) is 4.13. The number of likely N-dealkylation sites (tertiary alicyclic amines) is 1. The molecule has 6 heteroatoms. The van der Waals surface area contributed by atoms with Gasteiger partial charge in [0.25, 0.3) is 5.91 Å². The van der Waals surface area contributed by atoms with Crippen LogP contribution in [0.15, 0.2) is 5.38 Å². The molecule has 0 aromatic carbocycles. The third-order valence-corrected chi connectivity index (χ3v) is 5.46. The van der Waals surface area contributed by atoms with Gasteiger partial charge in [0.2, 0.25) is 0 Å². The normalized spacial score (nSPS) is 20.9. The minimum Gasteiger partial charge on any atom is -0.337 e. The Bertz CT molecular complexity index is 471. The van der Waals surface area contributed by atoms with Crippen LogP contribution in [0.2, 0.25) is 0 Å². The number of amides is 1. The van der Waals surface area contributed by atoms with Crippen molar-refractivity contribution in [1.82, 2.24) is 9.88 Å². The molecule has 2 aliphatic rings. The molecule has 1 saturated heterocycles. The Morgan fingerprint density at radius 1 is 1.35 bits per heavy atom. The molecular weight excluding hydrogens is 294 g/mol. The van der Waals surface area contributed by atoms with Crippen LogP contribution in [0.3, 0.4) is 0 Å². The lowest BCUT2D eigenvalue weighted by Crippen LogP contribution is -2.33. The molecule has 0 bridgehead atoms. The molecular formula is C14H22ClN3OS. The maximum atomic E-state index is 12.4. The van der Waals surface area contributed by atoms with E-state index >= 15 is 0 Å². The summed E-state index contributed by atoms with van der Waals surface area (Å²) in [5, 5.41) is 2.69. The van der Waals surface area contributed by atoms with Crippen LogP contribution in [0.4, 0.5) is 0 Å². The van der Waals surface area contributed by atoms with Crippen molar-refractivity contribution in [3.8, 4) is 0 Å². The van der Waals surface area contributed by atoms with E-state index in [0.29, 0.717) is 17.7 Å². The van der Waals surface area contributed by atoms with E-state index in [1.807, 2.05) is 10.3 Å². The Labute approximate surface area is 130 Å². The molecule has 1 aromatic rings. The first-order chi connectivity index (χ1) is 9.22. The summed E-state index contributed by atoms with van der Waals surface area (Å²) in [5.74, 6) is 0.0957. The van der Waals surface area contributed by atoms with Crippen molar-refractivity contribution in [3.05, 3.63) is 16.1 Å². The number of carbonyl (C=O) groups is 1. The van der Waals surface area contributed by atoms with Gasteiger partial charge in [-0.1, -0.05) is 19.3 Å². The summed E-state index contributed by atoms with van der Waals surface area (Å²) < 4.78 is 0. The predicted octanol–water partition coefficient (Wildman–Crippen LogP) is 2.82. The van der Waals surface area contributed by atoms with Crippen molar-refractivity contribution >= 4 is 29.7 Å². The van der Waals surface area contributed by atoms with Crippen LogP contribution in [0.5, 0.6) is 0 Å². The topological polar surface area (TPSA) is 59.2 Å². The van der Waals surface area contributed by atoms with Crippen LogP contribution in [-0.4, -0.2) is 28.9 Å². The van der Waals surface area contributed by atoms with Crippen molar-refractivity contribution in [1.29, 1.82) is 0 Å². The molecule has 1 spiro atoms. The van der Waals surface area contributed by atoms with Crippen molar-refractivity contribution < 1.29 is 4.79 Å². The van der Waals surface area contributed by atoms with E-state index in [2.05, 4.69) is 4.98 Å². The van der Waals surface area contributed by atoms with E-state index in [1.54, 1.807) is 0 Å². The van der Waals surface area contributed by atoms with Crippen LogP contribution in [-0.2, 0) is 6.54 Å². The quantitative estimate of drug-likeness (QED) is 0.913. The number of aromatic nitrogens is 1. The summed E-state index contributed by atoms with van der Waals surface area (Å²) in [6.07, 6.45) is 7.78. The zero-order chi connectivity index (χ0) is 13.3. The van der Waals surface area contributed by atoms with Gasteiger partial charge >= 0.3 is 0 Å². The van der Waals surface area contributed by atoms with Gasteiger partial charge in [-0.25, -0.2) is 4.98 Å². The summed E-state index contributed by atoms with van der Waals surface area (Å²) in [6.45, 7) is 2.25. The van der Waals surface area contributed by atoms with Crippen LogP contribution in [0.1, 0.15) is 54.0 Å². The second kappa shape index (κ2) is 6.41. The minimum absolute atomic E-state index is 0. The highest BCUT2D eigenvalue weighted by Crippen LogP contribution is 2.43. The van der Waals surface area contributed by atoms with Gasteiger partial charge in [-0.2, -0.15) is 0 Å². The number of nitrogens with two attached hydrogens (primary N) is 1. The average molecular weight is 316 g/mol. The Morgan fingerprint density at radius 3 is 2.75 bits per heavy atom. The standard InChI is InChI=1S/C14H21N3OS.ClH/c15-8-12-16-11(9-19-12)13(18)17-7-6-14(10-17)4-2-1-3-5-14;/h9H,1-8,10,15H2;1H.